The molecule has 5 heteroatoms. The normalized spacial score (nSPS) is 22.3. The Bertz CT molecular complexity index is 476. The first-order valence-corrected chi connectivity index (χ1v) is 7.15. The van der Waals surface area contributed by atoms with E-state index in [1.807, 2.05) is 0 Å². The van der Waals surface area contributed by atoms with Crippen LogP contribution in [-0.2, 0) is 4.74 Å². The van der Waals surface area contributed by atoms with E-state index in [1.54, 1.807) is 12.1 Å². The van der Waals surface area contributed by atoms with E-state index in [4.69, 9.17) is 10.5 Å². The highest BCUT2D eigenvalue weighted by molar-refractivity contribution is 5.87. The fourth-order valence-electron chi connectivity index (χ4n) is 2.64. The lowest BCUT2D eigenvalue weighted by Gasteiger charge is -2.28. The molecule has 20 heavy (non-hydrogen) atoms. The number of hydrogen-bond donors (Lipinski definition) is 1. The predicted octanol–water partition coefficient (Wildman–Crippen LogP) is 2.80. The van der Waals surface area contributed by atoms with Gasteiger partial charge >= 0.3 is 5.97 Å². The van der Waals surface area contributed by atoms with Gasteiger partial charge in [0.05, 0.1) is 12.8 Å². The largest absolute Gasteiger partial charge is 0.473 e. The smallest absolute Gasteiger partial charge is 0.356 e. The Morgan fingerprint density at radius 1 is 1.45 bits per heavy atom. The van der Waals surface area contributed by atoms with Crippen molar-refractivity contribution in [2.24, 2.45) is 5.92 Å². The number of anilines is 1. The van der Waals surface area contributed by atoms with Crippen LogP contribution in [0.3, 0.4) is 0 Å². The molecule has 0 amide bonds. The molecule has 1 fully saturated rings. The van der Waals surface area contributed by atoms with E-state index in [0.29, 0.717) is 17.5 Å². The molecule has 2 rings (SSSR count). The number of methoxy groups -OCH3 is 1. The van der Waals surface area contributed by atoms with Gasteiger partial charge in [-0.15, -0.1) is 0 Å². The zero-order valence-electron chi connectivity index (χ0n) is 12.1. The number of hydrogen-bond acceptors (Lipinski definition) is 5. The van der Waals surface area contributed by atoms with Crippen LogP contribution in [-0.4, -0.2) is 24.2 Å². The quantitative estimate of drug-likeness (QED) is 0.857. The fourth-order valence-corrected chi connectivity index (χ4v) is 2.64. The maximum absolute atomic E-state index is 11.5. The summed E-state index contributed by atoms with van der Waals surface area (Å²) in [7, 11) is 1.33. The fraction of sp³-hybridized carbons (Fsp3) is 0.600. The van der Waals surface area contributed by atoms with Gasteiger partial charge in [-0.25, -0.2) is 9.78 Å². The van der Waals surface area contributed by atoms with Gasteiger partial charge in [0.15, 0.2) is 5.69 Å². The van der Waals surface area contributed by atoms with E-state index < -0.39 is 5.97 Å². The second-order valence-corrected chi connectivity index (χ2v) is 5.26. The van der Waals surface area contributed by atoms with Crippen molar-refractivity contribution in [2.45, 2.75) is 45.1 Å². The van der Waals surface area contributed by atoms with E-state index in [0.717, 1.165) is 12.8 Å². The third-order valence-electron chi connectivity index (χ3n) is 3.87. The molecule has 0 saturated heterocycles. The Morgan fingerprint density at radius 2 is 2.25 bits per heavy atom. The Labute approximate surface area is 119 Å². The number of aromatic nitrogens is 1. The zero-order chi connectivity index (χ0) is 14.5. The third-order valence-corrected chi connectivity index (χ3v) is 3.87. The summed E-state index contributed by atoms with van der Waals surface area (Å²) in [4.78, 5) is 15.7. The second-order valence-electron chi connectivity index (χ2n) is 5.26. The first-order chi connectivity index (χ1) is 9.63. The van der Waals surface area contributed by atoms with Gasteiger partial charge in [-0.1, -0.05) is 19.8 Å². The van der Waals surface area contributed by atoms with Gasteiger partial charge in [0, 0.05) is 0 Å². The Hall–Kier alpha value is -1.78. The van der Waals surface area contributed by atoms with Crippen molar-refractivity contribution in [1.82, 2.24) is 4.98 Å². The first kappa shape index (κ1) is 14.6. The lowest BCUT2D eigenvalue weighted by Crippen LogP contribution is -2.26. The average Bonchev–Trinajstić information content (AvgIpc) is 2.49. The Kier molecular flexibility index (Phi) is 4.82. The molecule has 5 nitrogen and oxygen atoms in total. The molecule has 2 N–H and O–H groups in total. The SMILES string of the molecule is CCC1CCCC(Oc2nc(C(=O)OC)ccc2N)C1. The number of carbonyl (C=O) groups excluding carboxylic acids is 1. The molecular formula is C15H22N2O3. The maximum Gasteiger partial charge on any atom is 0.356 e. The number of ether oxygens (including phenoxy) is 2. The molecule has 1 aromatic heterocycles. The molecule has 110 valence electrons. The number of rotatable bonds is 4. The van der Waals surface area contributed by atoms with Crippen molar-refractivity contribution in [2.75, 3.05) is 12.8 Å². The second kappa shape index (κ2) is 6.59. The van der Waals surface area contributed by atoms with E-state index in [-0.39, 0.29) is 11.8 Å². The molecule has 1 heterocycles. The summed E-state index contributed by atoms with van der Waals surface area (Å²) in [5.41, 5.74) is 6.55. The van der Waals surface area contributed by atoms with Crippen LogP contribution < -0.4 is 10.5 Å². The Balaban J connectivity index is 2.10. The summed E-state index contributed by atoms with van der Waals surface area (Å²) in [5, 5.41) is 0. The van der Waals surface area contributed by atoms with Crippen molar-refractivity contribution >= 4 is 11.7 Å². The van der Waals surface area contributed by atoms with Crippen LogP contribution >= 0.6 is 0 Å². The van der Waals surface area contributed by atoms with Crippen LogP contribution in [0, 0.1) is 5.92 Å². The van der Waals surface area contributed by atoms with Gasteiger partial charge in [-0.05, 0) is 37.3 Å². The zero-order valence-corrected chi connectivity index (χ0v) is 12.1. The lowest BCUT2D eigenvalue weighted by molar-refractivity contribution is 0.0590. The molecule has 0 aliphatic heterocycles. The van der Waals surface area contributed by atoms with Gasteiger partial charge in [0.2, 0.25) is 5.88 Å². The molecule has 0 radical (unpaired) electrons. The number of esters is 1. The summed E-state index contributed by atoms with van der Waals surface area (Å²) < 4.78 is 10.6. The molecule has 1 saturated carbocycles. The number of nitrogens with zero attached hydrogens (tertiary/aromatic N) is 1. The molecule has 1 aliphatic rings. The van der Waals surface area contributed by atoms with Gasteiger partial charge in [0.1, 0.15) is 6.10 Å². The minimum absolute atomic E-state index is 0.136. The number of carbonyl (C=O) groups is 1. The number of pyridine rings is 1. The summed E-state index contributed by atoms with van der Waals surface area (Å²) in [6.07, 6.45) is 5.78. The minimum atomic E-state index is -0.482. The van der Waals surface area contributed by atoms with Crippen molar-refractivity contribution in [3.05, 3.63) is 17.8 Å². The lowest BCUT2D eigenvalue weighted by atomic mass is 9.85. The molecule has 0 aromatic carbocycles. The molecule has 2 atom stereocenters. The molecule has 2 unspecified atom stereocenters. The van der Waals surface area contributed by atoms with Crippen LogP contribution in [0.1, 0.15) is 49.5 Å². The van der Waals surface area contributed by atoms with Crippen LogP contribution in [0.25, 0.3) is 0 Å². The summed E-state index contributed by atoms with van der Waals surface area (Å²) in [6, 6.07) is 3.18. The van der Waals surface area contributed by atoms with Gasteiger partial charge < -0.3 is 15.2 Å². The highest BCUT2D eigenvalue weighted by Crippen LogP contribution is 2.30. The standard InChI is InChI=1S/C15H22N2O3/c1-3-10-5-4-6-11(9-10)20-14-12(16)7-8-13(17-14)15(18)19-2/h7-8,10-11H,3-6,9,16H2,1-2H3. The predicted molar refractivity (Wildman–Crippen MR) is 76.7 cm³/mol. The van der Waals surface area contributed by atoms with E-state index in [9.17, 15) is 4.79 Å². The Morgan fingerprint density at radius 3 is 2.95 bits per heavy atom. The van der Waals surface area contributed by atoms with Crippen LogP contribution in [0.4, 0.5) is 5.69 Å². The number of nitrogen functional groups attached to an aromatic ring is 1. The summed E-state index contributed by atoms with van der Waals surface area (Å²) in [5.74, 6) is 0.568. The summed E-state index contributed by atoms with van der Waals surface area (Å²) in [6.45, 7) is 2.21. The molecule has 1 aliphatic carbocycles. The highest BCUT2D eigenvalue weighted by atomic mass is 16.5. The average molecular weight is 278 g/mol. The molecule has 0 spiro atoms. The van der Waals surface area contributed by atoms with Crippen LogP contribution in [0.2, 0.25) is 0 Å². The monoisotopic (exact) mass is 278 g/mol. The van der Waals surface area contributed by atoms with E-state index in [2.05, 4.69) is 16.6 Å². The molecule has 0 bridgehead atoms. The molecular weight excluding hydrogens is 256 g/mol. The first-order valence-electron chi connectivity index (χ1n) is 7.15. The van der Waals surface area contributed by atoms with E-state index >= 15 is 0 Å². The van der Waals surface area contributed by atoms with Crippen LogP contribution in [0.15, 0.2) is 12.1 Å². The summed E-state index contributed by atoms with van der Waals surface area (Å²) >= 11 is 0. The van der Waals surface area contributed by atoms with Gasteiger partial charge in [-0.2, -0.15) is 0 Å². The van der Waals surface area contributed by atoms with Crippen molar-refractivity contribution < 1.29 is 14.3 Å². The third kappa shape index (κ3) is 3.40. The van der Waals surface area contributed by atoms with Crippen LogP contribution in [0.5, 0.6) is 5.88 Å². The highest BCUT2D eigenvalue weighted by Gasteiger charge is 2.23. The number of nitrogens with two attached hydrogens (primary N) is 1. The van der Waals surface area contributed by atoms with Crippen molar-refractivity contribution in [3.8, 4) is 5.88 Å². The van der Waals surface area contributed by atoms with E-state index in [1.165, 1.54) is 26.4 Å². The van der Waals surface area contributed by atoms with Crippen molar-refractivity contribution in [3.63, 3.8) is 0 Å². The van der Waals surface area contributed by atoms with Crippen molar-refractivity contribution in [1.29, 1.82) is 0 Å². The van der Waals surface area contributed by atoms with Gasteiger partial charge in [-0.3, -0.25) is 0 Å². The maximum atomic E-state index is 11.5. The molecule has 1 aromatic rings. The minimum Gasteiger partial charge on any atom is -0.473 e. The van der Waals surface area contributed by atoms with Gasteiger partial charge in [0.25, 0.3) is 0 Å². The topological polar surface area (TPSA) is 74.4 Å².